The largest absolute Gasteiger partial charge is 0.492 e. The minimum atomic E-state index is -0.426. The topological polar surface area (TPSA) is 64.4 Å². The first kappa shape index (κ1) is 13.0. The van der Waals surface area contributed by atoms with E-state index < -0.39 is 4.92 Å². The number of nitrogens with one attached hydrogen (secondary N) is 1. The summed E-state index contributed by atoms with van der Waals surface area (Å²) in [4.78, 5) is 10.2. The van der Waals surface area contributed by atoms with E-state index in [4.69, 9.17) is 11.2 Å². The highest BCUT2D eigenvalue weighted by atomic mass is 16.6. The van der Waals surface area contributed by atoms with Crippen LogP contribution in [-0.2, 0) is 6.54 Å². The Balaban J connectivity index is 2.88. The van der Waals surface area contributed by atoms with Gasteiger partial charge in [0, 0.05) is 30.7 Å². The zero-order chi connectivity index (χ0) is 12.7. The lowest BCUT2D eigenvalue weighted by Gasteiger charge is -2.10. The zero-order valence-corrected chi connectivity index (χ0v) is 9.60. The summed E-state index contributed by atoms with van der Waals surface area (Å²) in [6, 6.07) is 4.52. The summed E-state index contributed by atoms with van der Waals surface area (Å²) < 4.78 is 5.46. The van der Waals surface area contributed by atoms with Gasteiger partial charge in [-0.2, -0.15) is 0 Å². The highest BCUT2D eigenvalue weighted by Crippen LogP contribution is 2.24. The molecule has 0 spiro atoms. The van der Waals surface area contributed by atoms with Crippen LogP contribution < -0.4 is 10.1 Å². The number of hydrogen-bond acceptors (Lipinski definition) is 4. The molecule has 0 amide bonds. The maximum absolute atomic E-state index is 10.6. The predicted molar refractivity (Wildman–Crippen MR) is 64.8 cm³/mol. The molecule has 0 atom stereocenters. The third-order valence-electron chi connectivity index (χ3n) is 2.13. The molecule has 0 saturated carbocycles. The van der Waals surface area contributed by atoms with Crippen LogP contribution >= 0.6 is 0 Å². The van der Waals surface area contributed by atoms with Gasteiger partial charge < -0.3 is 10.1 Å². The molecule has 0 bridgehead atoms. The van der Waals surface area contributed by atoms with Crippen molar-refractivity contribution in [2.75, 3.05) is 13.7 Å². The molecule has 1 rings (SSSR count). The molecule has 5 heteroatoms. The van der Waals surface area contributed by atoms with E-state index >= 15 is 0 Å². The fraction of sp³-hybridized carbons (Fsp3) is 0.333. The van der Waals surface area contributed by atoms with Gasteiger partial charge in [0.05, 0.1) is 11.5 Å². The van der Waals surface area contributed by atoms with Crippen molar-refractivity contribution in [3.63, 3.8) is 0 Å². The molecule has 1 aromatic carbocycles. The van der Waals surface area contributed by atoms with Crippen LogP contribution in [0, 0.1) is 22.5 Å². The fourth-order valence-corrected chi connectivity index (χ4v) is 1.37. The Labute approximate surface area is 99.9 Å². The molecular weight excluding hydrogens is 220 g/mol. The Morgan fingerprint density at radius 2 is 2.35 bits per heavy atom. The van der Waals surface area contributed by atoms with E-state index in [2.05, 4.69) is 11.2 Å². The molecule has 0 radical (unpaired) electrons. The molecular formula is C12H14N2O3. The summed E-state index contributed by atoms with van der Waals surface area (Å²) in [6.45, 7) is 0.915. The first-order valence-corrected chi connectivity index (χ1v) is 5.17. The third-order valence-corrected chi connectivity index (χ3v) is 2.13. The average Bonchev–Trinajstić information content (AvgIpc) is 2.31. The molecule has 1 aromatic rings. The van der Waals surface area contributed by atoms with Gasteiger partial charge >= 0.3 is 0 Å². The van der Waals surface area contributed by atoms with Crippen molar-refractivity contribution in [3.05, 3.63) is 33.9 Å². The lowest BCUT2D eigenvalue weighted by Crippen LogP contribution is -2.08. The summed E-state index contributed by atoms with van der Waals surface area (Å²) in [6.07, 6.45) is 5.63. The molecule has 0 aliphatic carbocycles. The second-order valence-electron chi connectivity index (χ2n) is 3.38. The second-order valence-corrected chi connectivity index (χ2v) is 3.38. The van der Waals surface area contributed by atoms with Gasteiger partial charge in [0.15, 0.2) is 0 Å². The third kappa shape index (κ3) is 3.78. The van der Waals surface area contributed by atoms with Crippen LogP contribution in [0.5, 0.6) is 5.75 Å². The van der Waals surface area contributed by atoms with E-state index in [-0.39, 0.29) is 5.69 Å². The van der Waals surface area contributed by atoms with Crippen LogP contribution in [0.3, 0.4) is 0 Å². The zero-order valence-electron chi connectivity index (χ0n) is 9.60. The Bertz CT molecular complexity index is 438. The van der Waals surface area contributed by atoms with Crippen molar-refractivity contribution in [1.82, 2.24) is 5.32 Å². The smallest absolute Gasteiger partial charge is 0.270 e. The summed E-state index contributed by atoms with van der Waals surface area (Å²) >= 11 is 0. The monoisotopic (exact) mass is 234 g/mol. The van der Waals surface area contributed by atoms with E-state index in [1.807, 2.05) is 0 Å². The molecule has 0 saturated heterocycles. The molecule has 0 aliphatic heterocycles. The molecule has 0 unspecified atom stereocenters. The number of nitro benzene ring substituents is 1. The number of ether oxygens (including phenoxy) is 1. The Kier molecular flexibility index (Phi) is 4.98. The van der Waals surface area contributed by atoms with Gasteiger partial charge in [-0.3, -0.25) is 10.1 Å². The van der Waals surface area contributed by atoms with Crippen LogP contribution in [0.15, 0.2) is 18.2 Å². The van der Waals surface area contributed by atoms with Crippen LogP contribution in [0.25, 0.3) is 0 Å². The van der Waals surface area contributed by atoms with E-state index in [9.17, 15) is 10.1 Å². The SMILES string of the molecule is C#CCCOc1ccc([N+](=O)[O-])cc1CNC. The molecule has 1 N–H and O–H groups in total. The second kappa shape index (κ2) is 6.51. The van der Waals surface area contributed by atoms with E-state index in [1.54, 1.807) is 13.1 Å². The Morgan fingerprint density at radius 1 is 1.59 bits per heavy atom. The summed E-state index contributed by atoms with van der Waals surface area (Å²) in [7, 11) is 1.77. The van der Waals surface area contributed by atoms with Gasteiger partial charge in [-0.25, -0.2) is 0 Å². The molecule has 0 aliphatic rings. The lowest BCUT2D eigenvalue weighted by molar-refractivity contribution is -0.384. The quantitative estimate of drug-likeness (QED) is 0.352. The number of nitro groups is 1. The van der Waals surface area contributed by atoms with Gasteiger partial charge in [-0.15, -0.1) is 12.3 Å². The van der Waals surface area contributed by atoms with Gasteiger partial charge in [-0.05, 0) is 13.1 Å². The predicted octanol–water partition coefficient (Wildman–Crippen LogP) is 1.72. The highest BCUT2D eigenvalue weighted by molar-refractivity contribution is 5.43. The van der Waals surface area contributed by atoms with Crippen molar-refractivity contribution in [3.8, 4) is 18.1 Å². The van der Waals surface area contributed by atoms with Gasteiger partial charge in [0.1, 0.15) is 5.75 Å². The summed E-state index contributed by atoms with van der Waals surface area (Å²) in [5.41, 5.74) is 0.804. The molecule has 90 valence electrons. The maximum atomic E-state index is 10.6. The van der Waals surface area contributed by atoms with E-state index in [0.29, 0.717) is 25.3 Å². The lowest BCUT2D eigenvalue weighted by atomic mass is 10.1. The van der Waals surface area contributed by atoms with E-state index in [0.717, 1.165) is 5.56 Å². The minimum Gasteiger partial charge on any atom is -0.492 e. The van der Waals surface area contributed by atoms with Gasteiger partial charge in [0.2, 0.25) is 0 Å². The van der Waals surface area contributed by atoms with Crippen LogP contribution in [0.1, 0.15) is 12.0 Å². The molecule has 0 aromatic heterocycles. The number of hydrogen-bond donors (Lipinski definition) is 1. The normalized spacial score (nSPS) is 9.65. The molecule has 0 fully saturated rings. The number of terminal acetylenes is 1. The molecule has 5 nitrogen and oxygen atoms in total. The van der Waals surface area contributed by atoms with Crippen LogP contribution in [-0.4, -0.2) is 18.6 Å². The first-order chi connectivity index (χ1) is 8.19. The van der Waals surface area contributed by atoms with Crippen LogP contribution in [0.2, 0.25) is 0 Å². The number of rotatable bonds is 6. The van der Waals surface area contributed by atoms with Crippen molar-refractivity contribution in [2.45, 2.75) is 13.0 Å². The first-order valence-electron chi connectivity index (χ1n) is 5.17. The maximum Gasteiger partial charge on any atom is 0.270 e. The Hall–Kier alpha value is -2.06. The van der Waals surface area contributed by atoms with Crippen LogP contribution in [0.4, 0.5) is 5.69 Å². The summed E-state index contributed by atoms with van der Waals surface area (Å²) in [5.74, 6) is 3.10. The minimum absolute atomic E-state index is 0.0551. The van der Waals surface area contributed by atoms with Crippen molar-refractivity contribution >= 4 is 5.69 Å². The van der Waals surface area contributed by atoms with Gasteiger partial charge in [0.25, 0.3) is 5.69 Å². The number of non-ortho nitro benzene ring substituents is 1. The average molecular weight is 234 g/mol. The van der Waals surface area contributed by atoms with Crippen molar-refractivity contribution < 1.29 is 9.66 Å². The van der Waals surface area contributed by atoms with Crippen molar-refractivity contribution in [2.24, 2.45) is 0 Å². The molecule has 17 heavy (non-hydrogen) atoms. The standard InChI is InChI=1S/C12H14N2O3/c1-3-4-7-17-12-6-5-11(14(15)16)8-10(12)9-13-2/h1,5-6,8,13H,4,7,9H2,2H3. The molecule has 0 heterocycles. The van der Waals surface area contributed by atoms with Crippen molar-refractivity contribution in [1.29, 1.82) is 0 Å². The highest BCUT2D eigenvalue weighted by Gasteiger charge is 2.10. The Morgan fingerprint density at radius 3 is 2.94 bits per heavy atom. The summed E-state index contributed by atoms with van der Waals surface area (Å²) in [5, 5.41) is 13.6. The number of nitrogens with zero attached hydrogens (tertiary/aromatic N) is 1. The fourth-order valence-electron chi connectivity index (χ4n) is 1.37. The van der Waals surface area contributed by atoms with E-state index in [1.165, 1.54) is 12.1 Å². The van der Waals surface area contributed by atoms with Gasteiger partial charge in [-0.1, -0.05) is 0 Å². The number of benzene rings is 1.